The first kappa shape index (κ1) is 18.9. The molecule has 0 fully saturated rings. The maximum absolute atomic E-state index is 12.6. The summed E-state index contributed by atoms with van der Waals surface area (Å²) in [6, 6.07) is 21.8. The molecule has 5 heteroatoms. The highest BCUT2D eigenvalue weighted by Gasteiger charge is 2.14. The third-order valence-corrected chi connectivity index (χ3v) is 5.09. The monoisotopic (exact) mass is 385 g/mol. The van der Waals surface area contributed by atoms with Gasteiger partial charge in [0.1, 0.15) is 0 Å². The number of ketones is 1. The lowest BCUT2D eigenvalue weighted by atomic mass is 9.99. The molecule has 0 bridgehead atoms. The van der Waals surface area contributed by atoms with Crippen molar-refractivity contribution in [3.05, 3.63) is 95.1 Å². The quantitative estimate of drug-likeness (QED) is 0.648. The van der Waals surface area contributed by atoms with Crippen molar-refractivity contribution < 1.29 is 9.59 Å². The minimum Gasteiger partial charge on any atom is -0.308 e. The first-order valence-electron chi connectivity index (χ1n) is 9.67. The molecule has 0 unspecified atom stereocenters. The van der Waals surface area contributed by atoms with E-state index in [0.717, 1.165) is 25.2 Å². The summed E-state index contributed by atoms with van der Waals surface area (Å²) in [5, 5.41) is 5.70. The van der Waals surface area contributed by atoms with Gasteiger partial charge in [0.2, 0.25) is 0 Å². The Morgan fingerprint density at radius 1 is 0.793 bits per heavy atom. The van der Waals surface area contributed by atoms with Crippen LogP contribution in [0, 0.1) is 0 Å². The zero-order chi connectivity index (χ0) is 20.2. The van der Waals surface area contributed by atoms with Gasteiger partial charge in [-0.25, -0.2) is 4.79 Å². The highest BCUT2D eigenvalue weighted by Crippen LogP contribution is 2.22. The van der Waals surface area contributed by atoms with E-state index in [1.165, 1.54) is 11.1 Å². The maximum Gasteiger partial charge on any atom is 0.323 e. The Morgan fingerprint density at radius 2 is 1.52 bits per heavy atom. The fourth-order valence-electron chi connectivity index (χ4n) is 3.56. The van der Waals surface area contributed by atoms with Crippen molar-refractivity contribution in [1.82, 2.24) is 4.90 Å². The third-order valence-electron chi connectivity index (χ3n) is 5.09. The number of nitrogens with zero attached hydrogens (tertiary/aromatic N) is 1. The molecule has 1 aliphatic rings. The van der Waals surface area contributed by atoms with Crippen LogP contribution in [0.4, 0.5) is 16.2 Å². The number of fused-ring (bicyclic) bond motifs is 1. The molecule has 1 heterocycles. The molecule has 3 aromatic carbocycles. The van der Waals surface area contributed by atoms with Gasteiger partial charge in [0.05, 0.1) is 0 Å². The molecule has 0 aliphatic carbocycles. The summed E-state index contributed by atoms with van der Waals surface area (Å²) in [6.07, 6.45) is 1.03. The number of rotatable bonds is 4. The van der Waals surface area contributed by atoms with Crippen LogP contribution in [-0.4, -0.2) is 30.3 Å². The van der Waals surface area contributed by atoms with Crippen LogP contribution in [0.3, 0.4) is 0 Å². The van der Waals surface area contributed by atoms with Gasteiger partial charge in [0.15, 0.2) is 5.78 Å². The van der Waals surface area contributed by atoms with Gasteiger partial charge >= 0.3 is 6.03 Å². The van der Waals surface area contributed by atoms with E-state index < -0.39 is 0 Å². The predicted octanol–water partition coefficient (Wildman–Crippen LogP) is 4.55. The van der Waals surface area contributed by atoms with Crippen LogP contribution in [0.15, 0.2) is 72.8 Å². The Balaban J connectivity index is 1.44. The minimum absolute atomic E-state index is 0.0755. The number of hydrogen-bond acceptors (Lipinski definition) is 3. The molecule has 0 saturated carbocycles. The third kappa shape index (κ3) is 4.52. The first-order chi connectivity index (χ1) is 14.1. The average Bonchev–Trinajstić information content (AvgIpc) is 2.73. The van der Waals surface area contributed by atoms with Gasteiger partial charge in [-0.1, -0.05) is 48.5 Å². The van der Waals surface area contributed by atoms with Crippen molar-refractivity contribution in [2.24, 2.45) is 0 Å². The molecule has 2 amide bonds. The number of nitrogens with one attached hydrogen (secondary N) is 2. The lowest BCUT2D eigenvalue weighted by Gasteiger charge is -2.25. The highest BCUT2D eigenvalue weighted by molar-refractivity contribution is 6.10. The number of amides is 2. The standard InChI is InChI=1S/C24H23N3O2/c1-27-13-12-17-10-11-22(15-20(17)16-27)26-24(29)25-21-9-5-8-19(14-21)23(28)18-6-3-2-4-7-18/h2-11,14-15H,12-13,16H2,1H3,(H2,25,26,29). The molecule has 29 heavy (non-hydrogen) atoms. The second-order valence-electron chi connectivity index (χ2n) is 7.33. The molecule has 146 valence electrons. The Hall–Kier alpha value is -3.44. The normalized spacial score (nSPS) is 13.4. The molecule has 3 aromatic rings. The van der Waals surface area contributed by atoms with Gasteiger partial charge in [0.25, 0.3) is 0 Å². The number of carbonyl (C=O) groups is 2. The summed E-state index contributed by atoms with van der Waals surface area (Å²) in [6.45, 7) is 1.94. The molecule has 0 radical (unpaired) electrons. The number of benzene rings is 3. The molecular formula is C24H23N3O2. The van der Waals surface area contributed by atoms with E-state index in [0.29, 0.717) is 16.8 Å². The van der Waals surface area contributed by atoms with Crippen molar-refractivity contribution in [2.75, 3.05) is 24.2 Å². The lowest BCUT2D eigenvalue weighted by molar-refractivity contribution is 0.103. The van der Waals surface area contributed by atoms with Gasteiger partial charge < -0.3 is 15.5 Å². The molecule has 4 rings (SSSR count). The predicted molar refractivity (Wildman–Crippen MR) is 115 cm³/mol. The summed E-state index contributed by atoms with van der Waals surface area (Å²) >= 11 is 0. The van der Waals surface area contributed by atoms with E-state index in [9.17, 15) is 9.59 Å². The van der Waals surface area contributed by atoms with E-state index >= 15 is 0 Å². The van der Waals surface area contributed by atoms with Crippen LogP contribution >= 0.6 is 0 Å². The molecule has 0 atom stereocenters. The van der Waals surface area contributed by atoms with Crippen molar-refractivity contribution in [1.29, 1.82) is 0 Å². The Bertz CT molecular complexity index is 1050. The van der Waals surface area contributed by atoms with Crippen LogP contribution in [0.2, 0.25) is 0 Å². The van der Waals surface area contributed by atoms with Crippen molar-refractivity contribution in [3.8, 4) is 0 Å². The Morgan fingerprint density at radius 3 is 2.31 bits per heavy atom. The summed E-state index contributed by atoms with van der Waals surface area (Å²) in [5.74, 6) is -0.0755. The number of likely N-dealkylation sites (N-methyl/N-ethyl adjacent to an activating group) is 1. The van der Waals surface area contributed by atoms with Crippen LogP contribution in [0.25, 0.3) is 0 Å². The topological polar surface area (TPSA) is 61.4 Å². The molecular weight excluding hydrogens is 362 g/mol. The fourth-order valence-corrected chi connectivity index (χ4v) is 3.56. The maximum atomic E-state index is 12.6. The van der Waals surface area contributed by atoms with E-state index in [4.69, 9.17) is 0 Å². The second kappa shape index (κ2) is 8.29. The summed E-state index contributed by atoms with van der Waals surface area (Å²) in [7, 11) is 2.10. The Kier molecular flexibility index (Phi) is 5.40. The molecule has 0 spiro atoms. The van der Waals surface area contributed by atoms with E-state index in [1.807, 2.05) is 30.3 Å². The molecule has 0 saturated heterocycles. The van der Waals surface area contributed by atoms with Crippen LogP contribution in [0.1, 0.15) is 27.0 Å². The second-order valence-corrected chi connectivity index (χ2v) is 7.33. The van der Waals surface area contributed by atoms with Gasteiger partial charge in [0, 0.05) is 35.6 Å². The average molecular weight is 385 g/mol. The van der Waals surface area contributed by atoms with Crippen LogP contribution < -0.4 is 10.6 Å². The Labute approximate surface area is 170 Å². The highest BCUT2D eigenvalue weighted by atomic mass is 16.2. The SMILES string of the molecule is CN1CCc2ccc(NC(=O)Nc3cccc(C(=O)c4ccccc4)c3)cc2C1. The fraction of sp³-hybridized carbons (Fsp3) is 0.167. The van der Waals surface area contributed by atoms with Gasteiger partial charge in [-0.15, -0.1) is 0 Å². The number of urea groups is 1. The minimum atomic E-state index is -0.335. The zero-order valence-corrected chi connectivity index (χ0v) is 16.3. The van der Waals surface area contributed by atoms with E-state index in [-0.39, 0.29) is 11.8 Å². The van der Waals surface area contributed by atoms with Crippen molar-refractivity contribution >= 4 is 23.2 Å². The summed E-state index contributed by atoms with van der Waals surface area (Å²) in [5.41, 5.74) is 5.06. The van der Waals surface area contributed by atoms with Crippen molar-refractivity contribution in [2.45, 2.75) is 13.0 Å². The van der Waals surface area contributed by atoms with Crippen LogP contribution in [0.5, 0.6) is 0 Å². The van der Waals surface area contributed by atoms with Gasteiger partial charge in [-0.2, -0.15) is 0 Å². The largest absolute Gasteiger partial charge is 0.323 e. The zero-order valence-electron chi connectivity index (χ0n) is 16.3. The number of carbonyl (C=O) groups excluding carboxylic acids is 2. The first-order valence-corrected chi connectivity index (χ1v) is 9.67. The van der Waals surface area contributed by atoms with Crippen LogP contribution in [-0.2, 0) is 13.0 Å². The van der Waals surface area contributed by atoms with Gasteiger partial charge in [-0.3, -0.25) is 4.79 Å². The summed E-state index contributed by atoms with van der Waals surface area (Å²) in [4.78, 5) is 27.3. The van der Waals surface area contributed by atoms with E-state index in [1.54, 1.807) is 36.4 Å². The number of anilines is 2. The lowest BCUT2D eigenvalue weighted by Crippen LogP contribution is -2.27. The van der Waals surface area contributed by atoms with Crippen molar-refractivity contribution in [3.63, 3.8) is 0 Å². The molecule has 5 nitrogen and oxygen atoms in total. The van der Waals surface area contributed by atoms with Gasteiger partial charge in [-0.05, 0) is 48.9 Å². The molecule has 0 aromatic heterocycles. The van der Waals surface area contributed by atoms with E-state index in [2.05, 4.69) is 28.6 Å². The summed E-state index contributed by atoms with van der Waals surface area (Å²) < 4.78 is 0. The smallest absolute Gasteiger partial charge is 0.308 e. The molecule has 2 N–H and O–H groups in total. The molecule has 1 aliphatic heterocycles. The number of hydrogen-bond donors (Lipinski definition) is 2.